The second-order valence-corrected chi connectivity index (χ2v) is 5.09. The predicted molar refractivity (Wildman–Crippen MR) is 67.1 cm³/mol. The number of thiazole rings is 1. The minimum atomic E-state index is 0.148. The molecular weight excluding hydrogens is 232 g/mol. The lowest BCUT2D eigenvalue weighted by molar-refractivity contribution is 0.0993. The summed E-state index contributed by atoms with van der Waals surface area (Å²) in [6, 6.07) is 5.97. The van der Waals surface area contributed by atoms with E-state index in [0.717, 1.165) is 23.7 Å². The molecule has 0 aliphatic carbocycles. The summed E-state index contributed by atoms with van der Waals surface area (Å²) in [5.74, 6) is 0.148. The molecule has 1 aromatic heterocycles. The minimum Gasteiger partial charge on any atom is -0.309 e. The van der Waals surface area contributed by atoms with Gasteiger partial charge in [-0.25, -0.2) is 4.98 Å². The third-order valence-electron chi connectivity index (χ3n) is 2.95. The quantitative estimate of drug-likeness (QED) is 0.841. The molecule has 0 fully saturated rings. The first kappa shape index (κ1) is 10.6. The number of carbonyl (C=O) groups is 1. The Morgan fingerprint density at radius 1 is 1.35 bits per heavy atom. The van der Waals surface area contributed by atoms with Crippen molar-refractivity contribution in [3.05, 3.63) is 51.5 Å². The molecule has 0 saturated heterocycles. The van der Waals surface area contributed by atoms with Crippen molar-refractivity contribution in [1.29, 1.82) is 0 Å². The van der Waals surface area contributed by atoms with E-state index in [1.165, 1.54) is 22.5 Å². The van der Waals surface area contributed by atoms with E-state index >= 15 is 0 Å². The number of Topliss-reactive ketones (excluding diaryl/α,β-unsaturated/α-hetero) is 1. The molecule has 2 heterocycles. The summed E-state index contributed by atoms with van der Waals surface area (Å²) in [5, 5.41) is 6.06. The lowest BCUT2D eigenvalue weighted by Gasteiger charge is -2.02. The summed E-state index contributed by atoms with van der Waals surface area (Å²) in [5.41, 5.74) is 3.34. The standard InChI is InChI=1S/C13H12N2OS/c16-12(6-13-15-3-4-17-13)9-1-2-10-7-14-8-11(10)5-9/h1-5,14H,6-8H2. The maximum absolute atomic E-state index is 12.1. The van der Waals surface area contributed by atoms with Crippen LogP contribution in [0.1, 0.15) is 26.5 Å². The Balaban J connectivity index is 1.82. The van der Waals surface area contributed by atoms with Gasteiger partial charge in [0, 0.05) is 30.2 Å². The third kappa shape index (κ3) is 2.14. The van der Waals surface area contributed by atoms with Crippen LogP contribution in [0.3, 0.4) is 0 Å². The zero-order chi connectivity index (χ0) is 11.7. The summed E-state index contributed by atoms with van der Waals surface area (Å²) in [7, 11) is 0. The van der Waals surface area contributed by atoms with Gasteiger partial charge in [0.2, 0.25) is 0 Å². The zero-order valence-corrected chi connectivity index (χ0v) is 10.1. The van der Waals surface area contributed by atoms with Crippen LogP contribution >= 0.6 is 11.3 Å². The average molecular weight is 244 g/mol. The molecule has 4 heteroatoms. The van der Waals surface area contributed by atoms with Crippen LogP contribution in [-0.2, 0) is 19.5 Å². The van der Waals surface area contributed by atoms with Gasteiger partial charge in [0.15, 0.2) is 5.78 Å². The Hall–Kier alpha value is -1.52. The van der Waals surface area contributed by atoms with E-state index in [0.29, 0.717) is 6.42 Å². The molecule has 1 aliphatic heterocycles. The van der Waals surface area contributed by atoms with E-state index < -0.39 is 0 Å². The fourth-order valence-corrected chi connectivity index (χ4v) is 2.66. The van der Waals surface area contributed by atoms with E-state index in [1.54, 1.807) is 6.20 Å². The maximum atomic E-state index is 12.1. The van der Waals surface area contributed by atoms with E-state index in [-0.39, 0.29) is 5.78 Å². The van der Waals surface area contributed by atoms with Gasteiger partial charge >= 0.3 is 0 Å². The van der Waals surface area contributed by atoms with Gasteiger partial charge in [-0.2, -0.15) is 0 Å². The second kappa shape index (κ2) is 4.39. The highest BCUT2D eigenvalue weighted by atomic mass is 32.1. The van der Waals surface area contributed by atoms with Crippen molar-refractivity contribution in [1.82, 2.24) is 10.3 Å². The molecule has 86 valence electrons. The van der Waals surface area contributed by atoms with Crippen molar-refractivity contribution in [2.75, 3.05) is 0 Å². The van der Waals surface area contributed by atoms with Crippen LogP contribution in [0.4, 0.5) is 0 Å². The van der Waals surface area contributed by atoms with Crippen LogP contribution in [0.15, 0.2) is 29.8 Å². The van der Waals surface area contributed by atoms with Crippen LogP contribution in [0.5, 0.6) is 0 Å². The molecular formula is C13H12N2OS. The summed E-state index contributed by atoms with van der Waals surface area (Å²) < 4.78 is 0. The van der Waals surface area contributed by atoms with Crippen molar-refractivity contribution in [3.8, 4) is 0 Å². The molecule has 1 N–H and O–H groups in total. The molecule has 3 rings (SSSR count). The van der Waals surface area contributed by atoms with Crippen LogP contribution in [0.25, 0.3) is 0 Å². The number of hydrogen-bond donors (Lipinski definition) is 1. The molecule has 1 aromatic carbocycles. The number of benzene rings is 1. The van der Waals surface area contributed by atoms with Gasteiger partial charge in [0.25, 0.3) is 0 Å². The first-order valence-corrected chi connectivity index (χ1v) is 6.45. The smallest absolute Gasteiger partial charge is 0.169 e. The van der Waals surface area contributed by atoms with Gasteiger partial charge in [0.1, 0.15) is 5.01 Å². The summed E-state index contributed by atoms with van der Waals surface area (Å²) >= 11 is 1.53. The highest BCUT2D eigenvalue weighted by Crippen LogP contribution is 2.18. The molecule has 1 aliphatic rings. The van der Waals surface area contributed by atoms with Crippen LogP contribution in [0.2, 0.25) is 0 Å². The van der Waals surface area contributed by atoms with E-state index in [9.17, 15) is 4.79 Å². The topological polar surface area (TPSA) is 42.0 Å². The number of rotatable bonds is 3. The average Bonchev–Trinajstić information content (AvgIpc) is 2.97. The van der Waals surface area contributed by atoms with Gasteiger partial charge < -0.3 is 5.32 Å². The number of hydrogen-bond acceptors (Lipinski definition) is 4. The summed E-state index contributed by atoms with van der Waals surface area (Å²) in [6.07, 6.45) is 2.14. The Kier molecular flexibility index (Phi) is 2.74. The molecule has 0 spiro atoms. The number of nitrogens with zero attached hydrogens (tertiary/aromatic N) is 1. The maximum Gasteiger partial charge on any atom is 0.169 e. The first-order valence-electron chi connectivity index (χ1n) is 5.57. The second-order valence-electron chi connectivity index (χ2n) is 4.11. The third-order valence-corrected chi connectivity index (χ3v) is 3.73. The molecule has 17 heavy (non-hydrogen) atoms. The summed E-state index contributed by atoms with van der Waals surface area (Å²) in [6.45, 7) is 1.78. The molecule has 0 amide bonds. The molecule has 2 aromatic rings. The number of ketones is 1. The fourth-order valence-electron chi connectivity index (χ4n) is 2.05. The first-order chi connectivity index (χ1) is 8.33. The van der Waals surface area contributed by atoms with E-state index in [1.807, 2.05) is 23.6 Å². The highest BCUT2D eigenvalue weighted by molar-refractivity contribution is 7.09. The van der Waals surface area contributed by atoms with Gasteiger partial charge in [-0.05, 0) is 17.2 Å². The van der Waals surface area contributed by atoms with E-state index in [4.69, 9.17) is 0 Å². The van der Waals surface area contributed by atoms with Crippen LogP contribution in [-0.4, -0.2) is 10.8 Å². The van der Waals surface area contributed by atoms with Crippen molar-refractivity contribution >= 4 is 17.1 Å². The lowest BCUT2D eigenvalue weighted by Crippen LogP contribution is -2.04. The lowest BCUT2D eigenvalue weighted by atomic mass is 10.0. The number of aromatic nitrogens is 1. The van der Waals surface area contributed by atoms with Crippen LogP contribution in [0, 0.1) is 0 Å². The number of fused-ring (bicyclic) bond motifs is 1. The molecule has 0 radical (unpaired) electrons. The number of nitrogens with one attached hydrogen (secondary N) is 1. The Morgan fingerprint density at radius 2 is 2.24 bits per heavy atom. The highest BCUT2D eigenvalue weighted by Gasteiger charge is 2.14. The largest absolute Gasteiger partial charge is 0.309 e. The molecule has 3 nitrogen and oxygen atoms in total. The minimum absolute atomic E-state index is 0.148. The normalized spacial score (nSPS) is 13.6. The predicted octanol–water partition coefficient (Wildman–Crippen LogP) is 2.17. The fraction of sp³-hybridized carbons (Fsp3) is 0.231. The van der Waals surface area contributed by atoms with Gasteiger partial charge in [-0.3, -0.25) is 4.79 Å². The Morgan fingerprint density at radius 3 is 3.06 bits per heavy atom. The van der Waals surface area contributed by atoms with Crippen molar-refractivity contribution in [2.24, 2.45) is 0 Å². The Bertz CT molecular complexity index is 549. The van der Waals surface area contributed by atoms with Crippen molar-refractivity contribution in [3.63, 3.8) is 0 Å². The Labute approximate surface area is 104 Å². The SMILES string of the molecule is O=C(Cc1nccs1)c1ccc2c(c1)CNC2. The number of carbonyl (C=O) groups excluding carboxylic acids is 1. The van der Waals surface area contributed by atoms with Gasteiger partial charge in [0.05, 0.1) is 6.42 Å². The van der Waals surface area contributed by atoms with Crippen LogP contribution < -0.4 is 5.32 Å². The molecule has 0 bridgehead atoms. The van der Waals surface area contributed by atoms with Crippen molar-refractivity contribution in [2.45, 2.75) is 19.5 Å². The molecule has 0 unspecified atom stereocenters. The van der Waals surface area contributed by atoms with E-state index in [2.05, 4.69) is 10.3 Å². The molecule has 0 saturated carbocycles. The summed E-state index contributed by atoms with van der Waals surface area (Å²) in [4.78, 5) is 16.2. The zero-order valence-electron chi connectivity index (χ0n) is 9.27. The van der Waals surface area contributed by atoms with Gasteiger partial charge in [-0.1, -0.05) is 12.1 Å². The van der Waals surface area contributed by atoms with Gasteiger partial charge in [-0.15, -0.1) is 11.3 Å². The van der Waals surface area contributed by atoms with Crippen molar-refractivity contribution < 1.29 is 4.79 Å². The monoisotopic (exact) mass is 244 g/mol. The molecule has 0 atom stereocenters.